The third kappa shape index (κ3) is 1.92. The van der Waals surface area contributed by atoms with E-state index in [9.17, 15) is 4.79 Å². The molecule has 1 aromatic heterocycles. The van der Waals surface area contributed by atoms with Crippen molar-refractivity contribution in [2.24, 2.45) is 5.92 Å². The number of aromatic nitrogens is 1. The molecule has 0 saturated heterocycles. The fraction of sp³-hybridized carbons (Fsp3) is 0.600. The van der Waals surface area contributed by atoms with Gasteiger partial charge < -0.3 is 4.90 Å². The lowest BCUT2D eigenvalue weighted by Crippen LogP contribution is -2.40. The Morgan fingerprint density at radius 1 is 1.50 bits per heavy atom. The third-order valence-electron chi connectivity index (χ3n) is 4.48. The minimum atomic E-state index is -0.243. The molecular formula is C15H20N2O. The zero-order valence-electron chi connectivity index (χ0n) is 10.9. The maximum absolute atomic E-state index is 12.6. The Morgan fingerprint density at radius 3 is 2.78 bits per heavy atom. The second-order valence-electron chi connectivity index (χ2n) is 5.81. The van der Waals surface area contributed by atoms with Crippen molar-refractivity contribution in [3.05, 3.63) is 30.1 Å². The topological polar surface area (TPSA) is 33.2 Å². The average Bonchev–Trinajstić information content (AvgIpc) is 3.15. The van der Waals surface area contributed by atoms with E-state index in [4.69, 9.17) is 0 Å². The Balaban J connectivity index is 1.71. The summed E-state index contributed by atoms with van der Waals surface area (Å²) in [6.07, 6.45) is 9.48. The Hall–Kier alpha value is -1.38. The van der Waals surface area contributed by atoms with Gasteiger partial charge in [-0.15, -0.1) is 0 Å². The van der Waals surface area contributed by atoms with E-state index in [1.165, 1.54) is 19.3 Å². The van der Waals surface area contributed by atoms with Crippen LogP contribution in [0.5, 0.6) is 0 Å². The Labute approximate surface area is 108 Å². The monoisotopic (exact) mass is 244 g/mol. The van der Waals surface area contributed by atoms with Crippen LogP contribution in [0.15, 0.2) is 24.5 Å². The van der Waals surface area contributed by atoms with Crippen molar-refractivity contribution in [3.8, 4) is 0 Å². The lowest BCUT2D eigenvalue weighted by atomic mass is 9.84. The van der Waals surface area contributed by atoms with Crippen LogP contribution in [-0.4, -0.2) is 29.4 Å². The summed E-state index contributed by atoms with van der Waals surface area (Å²) in [5, 5.41) is 0. The number of amides is 1. The van der Waals surface area contributed by atoms with Crippen LogP contribution < -0.4 is 0 Å². The summed E-state index contributed by atoms with van der Waals surface area (Å²) >= 11 is 0. The van der Waals surface area contributed by atoms with Crippen LogP contribution in [0, 0.1) is 5.92 Å². The molecule has 2 aliphatic carbocycles. The highest BCUT2D eigenvalue weighted by Gasteiger charge is 2.52. The van der Waals surface area contributed by atoms with Gasteiger partial charge in [0.25, 0.3) is 0 Å². The number of pyridine rings is 1. The molecule has 18 heavy (non-hydrogen) atoms. The molecule has 96 valence electrons. The van der Waals surface area contributed by atoms with E-state index in [2.05, 4.69) is 4.98 Å². The smallest absolute Gasteiger partial charge is 0.233 e. The van der Waals surface area contributed by atoms with Gasteiger partial charge in [-0.1, -0.05) is 12.5 Å². The van der Waals surface area contributed by atoms with Crippen molar-refractivity contribution in [2.75, 3.05) is 13.6 Å². The molecule has 0 unspecified atom stereocenters. The van der Waals surface area contributed by atoms with E-state index in [0.29, 0.717) is 5.91 Å². The van der Waals surface area contributed by atoms with Gasteiger partial charge in [-0.2, -0.15) is 0 Å². The number of nitrogens with zero attached hydrogens (tertiary/aromatic N) is 2. The van der Waals surface area contributed by atoms with Crippen LogP contribution in [-0.2, 0) is 10.2 Å². The van der Waals surface area contributed by atoms with E-state index >= 15 is 0 Å². The molecule has 1 aromatic rings. The number of rotatable bonds is 4. The first-order valence-electron chi connectivity index (χ1n) is 6.88. The van der Waals surface area contributed by atoms with Crippen LogP contribution in [0.2, 0.25) is 0 Å². The Kier molecular flexibility index (Phi) is 2.84. The van der Waals surface area contributed by atoms with Crippen LogP contribution in [0.25, 0.3) is 0 Å². The minimum Gasteiger partial charge on any atom is -0.345 e. The molecule has 2 fully saturated rings. The molecule has 2 saturated carbocycles. The highest BCUT2D eigenvalue weighted by Crippen LogP contribution is 2.49. The third-order valence-corrected chi connectivity index (χ3v) is 4.48. The summed E-state index contributed by atoms with van der Waals surface area (Å²) in [6.45, 7) is 0.931. The number of hydrogen-bond donors (Lipinski definition) is 0. The molecule has 3 nitrogen and oxygen atoms in total. The number of hydrogen-bond acceptors (Lipinski definition) is 2. The predicted molar refractivity (Wildman–Crippen MR) is 70.1 cm³/mol. The normalized spacial score (nSPS) is 21.2. The molecule has 0 bridgehead atoms. The Bertz CT molecular complexity index is 435. The summed E-state index contributed by atoms with van der Waals surface area (Å²) in [4.78, 5) is 18.7. The van der Waals surface area contributed by atoms with Crippen molar-refractivity contribution in [1.82, 2.24) is 9.88 Å². The van der Waals surface area contributed by atoms with Crippen LogP contribution in [0.3, 0.4) is 0 Å². The first kappa shape index (κ1) is 11.7. The van der Waals surface area contributed by atoms with Crippen molar-refractivity contribution in [1.29, 1.82) is 0 Å². The van der Waals surface area contributed by atoms with Crippen molar-refractivity contribution in [3.63, 3.8) is 0 Å². The lowest BCUT2D eigenvalue weighted by molar-refractivity contribution is -0.133. The maximum atomic E-state index is 12.6. The van der Waals surface area contributed by atoms with Gasteiger partial charge in [-0.3, -0.25) is 9.78 Å². The Morgan fingerprint density at radius 2 is 2.28 bits per heavy atom. The number of carbonyl (C=O) groups excluding carboxylic acids is 1. The molecular weight excluding hydrogens is 224 g/mol. The zero-order chi connectivity index (χ0) is 12.6. The van der Waals surface area contributed by atoms with E-state index in [1.807, 2.05) is 30.3 Å². The quantitative estimate of drug-likeness (QED) is 0.814. The van der Waals surface area contributed by atoms with E-state index in [0.717, 1.165) is 30.9 Å². The second-order valence-corrected chi connectivity index (χ2v) is 5.81. The van der Waals surface area contributed by atoms with Crippen molar-refractivity contribution < 1.29 is 4.79 Å². The van der Waals surface area contributed by atoms with Crippen LogP contribution in [0.4, 0.5) is 0 Å². The molecule has 3 rings (SSSR count). The van der Waals surface area contributed by atoms with Crippen molar-refractivity contribution in [2.45, 2.75) is 37.5 Å². The zero-order valence-corrected chi connectivity index (χ0v) is 10.9. The predicted octanol–water partition coefficient (Wildman–Crippen LogP) is 2.37. The van der Waals surface area contributed by atoms with E-state index in [1.54, 1.807) is 6.20 Å². The van der Waals surface area contributed by atoms with Crippen LogP contribution >= 0.6 is 0 Å². The van der Waals surface area contributed by atoms with E-state index < -0.39 is 0 Å². The van der Waals surface area contributed by atoms with Gasteiger partial charge in [0.2, 0.25) is 5.91 Å². The van der Waals surface area contributed by atoms with Gasteiger partial charge in [0.15, 0.2) is 0 Å². The van der Waals surface area contributed by atoms with Gasteiger partial charge in [-0.25, -0.2) is 0 Å². The number of likely N-dealkylation sites (N-methyl/N-ethyl adjacent to an activating group) is 1. The largest absolute Gasteiger partial charge is 0.345 e. The van der Waals surface area contributed by atoms with Crippen molar-refractivity contribution >= 4 is 5.91 Å². The molecule has 0 aromatic carbocycles. The minimum absolute atomic E-state index is 0.243. The van der Waals surface area contributed by atoms with Gasteiger partial charge in [-0.05, 0) is 43.2 Å². The first-order chi connectivity index (χ1) is 8.72. The maximum Gasteiger partial charge on any atom is 0.233 e. The fourth-order valence-electron chi connectivity index (χ4n) is 2.91. The molecule has 2 aliphatic rings. The van der Waals surface area contributed by atoms with Gasteiger partial charge in [0.05, 0.1) is 5.41 Å². The van der Waals surface area contributed by atoms with Gasteiger partial charge >= 0.3 is 0 Å². The van der Waals surface area contributed by atoms with Crippen LogP contribution in [0.1, 0.15) is 37.7 Å². The average molecular weight is 244 g/mol. The first-order valence-corrected chi connectivity index (χ1v) is 6.88. The molecule has 0 spiro atoms. The molecule has 1 amide bonds. The van der Waals surface area contributed by atoms with E-state index in [-0.39, 0.29) is 5.41 Å². The molecule has 0 atom stereocenters. The SMILES string of the molecule is CN(CC1CCC1)C(=O)C1(c2cccnc2)CC1. The highest BCUT2D eigenvalue weighted by molar-refractivity contribution is 5.91. The summed E-state index contributed by atoms with van der Waals surface area (Å²) < 4.78 is 0. The molecule has 3 heteroatoms. The summed E-state index contributed by atoms with van der Waals surface area (Å²) in [7, 11) is 1.96. The molecule has 0 N–H and O–H groups in total. The molecule has 0 radical (unpaired) electrons. The second kappa shape index (κ2) is 4.38. The number of carbonyl (C=O) groups is 1. The summed E-state index contributed by atoms with van der Waals surface area (Å²) in [6, 6.07) is 3.96. The fourth-order valence-corrected chi connectivity index (χ4v) is 2.91. The molecule has 0 aliphatic heterocycles. The highest BCUT2D eigenvalue weighted by atomic mass is 16.2. The standard InChI is InChI=1S/C15H20N2O/c1-17(11-12-4-2-5-12)14(18)15(7-8-15)13-6-3-9-16-10-13/h3,6,9-10,12H,2,4-5,7-8,11H2,1H3. The lowest BCUT2D eigenvalue weighted by Gasteiger charge is -2.32. The summed E-state index contributed by atoms with van der Waals surface area (Å²) in [5.74, 6) is 1.03. The van der Waals surface area contributed by atoms with Gasteiger partial charge in [0, 0.05) is 26.0 Å². The summed E-state index contributed by atoms with van der Waals surface area (Å²) in [5.41, 5.74) is 0.850. The molecule has 1 heterocycles. The van der Waals surface area contributed by atoms with Gasteiger partial charge in [0.1, 0.15) is 0 Å².